The number of hydrogen-bond donors (Lipinski definition) is 1. The number of ether oxygens (including phenoxy) is 2. The smallest absolute Gasteiger partial charge is 0.121 e. The van der Waals surface area contributed by atoms with Crippen LogP contribution in [0.1, 0.15) is 89.2 Å². The van der Waals surface area contributed by atoms with Gasteiger partial charge in [0, 0.05) is 5.56 Å². The highest BCUT2D eigenvalue weighted by molar-refractivity contribution is 5.38. The first-order chi connectivity index (χ1) is 12.1. The fraction of sp³-hybridized carbons (Fsp3) is 0.727. The Morgan fingerprint density at radius 1 is 0.840 bits per heavy atom. The predicted molar refractivity (Wildman–Crippen MR) is 101 cm³/mol. The molecular formula is C22H34O3. The number of aromatic hydroxyl groups is 1. The van der Waals surface area contributed by atoms with E-state index in [1.54, 1.807) is 6.07 Å². The lowest BCUT2D eigenvalue weighted by atomic mass is 9.98. The lowest BCUT2D eigenvalue weighted by Crippen LogP contribution is -2.29. The van der Waals surface area contributed by atoms with Gasteiger partial charge in [0.15, 0.2) is 0 Å². The average Bonchev–Trinajstić information content (AvgIpc) is 3.30. The maximum atomic E-state index is 10.4. The highest BCUT2D eigenvalue weighted by Crippen LogP contribution is 2.39. The molecule has 0 atom stereocenters. The molecule has 2 aliphatic carbocycles. The van der Waals surface area contributed by atoms with Crippen molar-refractivity contribution < 1.29 is 14.6 Å². The van der Waals surface area contributed by atoms with Crippen LogP contribution in [0.5, 0.6) is 5.75 Å². The molecule has 0 heterocycles. The van der Waals surface area contributed by atoms with Gasteiger partial charge in [0.05, 0.1) is 24.4 Å². The molecule has 0 unspecified atom stereocenters. The van der Waals surface area contributed by atoms with E-state index >= 15 is 0 Å². The van der Waals surface area contributed by atoms with Gasteiger partial charge in [-0.25, -0.2) is 0 Å². The van der Waals surface area contributed by atoms with Crippen molar-refractivity contribution in [1.29, 1.82) is 0 Å². The number of phenols is 1. The van der Waals surface area contributed by atoms with Crippen molar-refractivity contribution >= 4 is 0 Å². The molecule has 0 aromatic heterocycles. The van der Waals surface area contributed by atoms with Crippen molar-refractivity contribution in [2.45, 2.75) is 102 Å². The minimum Gasteiger partial charge on any atom is -0.508 e. The quantitative estimate of drug-likeness (QED) is 0.639. The Bertz CT molecular complexity index is 554. The molecule has 3 heteroatoms. The second-order valence-corrected chi connectivity index (χ2v) is 7.98. The zero-order valence-electron chi connectivity index (χ0n) is 16.0. The summed E-state index contributed by atoms with van der Waals surface area (Å²) in [5.74, 6) is 0.335. The largest absolute Gasteiger partial charge is 0.508 e. The summed E-state index contributed by atoms with van der Waals surface area (Å²) in [6.07, 6.45) is 11.8. The predicted octanol–water partition coefficient (Wildman–Crippen LogP) is 5.87. The van der Waals surface area contributed by atoms with Crippen LogP contribution in [0.2, 0.25) is 0 Å². The van der Waals surface area contributed by atoms with Gasteiger partial charge in [-0.3, -0.25) is 0 Å². The van der Waals surface area contributed by atoms with Gasteiger partial charge in [-0.2, -0.15) is 0 Å². The van der Waals surface area contributed by atoms with Gasteiger partial charge in [0.25, 0.3) is 0 Å². The molecule has 0 saturated heterocycles. The van der Waals surface area contributed by atoms with Crippen LogP contribution in [0.15, 0.2) is 18.2 Å². The van der Waals surface area contributed by atoms with E-state index in [0.29, 0.717) is 19.0 Å². The molecule has 3 rings (SSSR count). The van der Waals surface area contributed by atoms with E-state index in [-0.39, 0.29) is 11.2 Å². The summed E-state index contributed by atoms with van der Waals surface area (Å²) in [7, 11) is 0. The van der Waals surface area contributed by atoms with Gasteiger partial charge in [0.1, 0.15) is 5.75 Å². The van der Waals surface area contributed by atoms with Crippen molar-refractivity contribution in [3.05, 3.63) is 29.3 Å². The van der Waals surface area contributed by atoms with Gasteiger partial charge in [-0.05, 0) is 50.2 Å². The summed E-state index contributed by atoms with van der Waals surface area (Å²) in [6.45, 7) is 5.49. The standard InChI is InChI=1S/C22H34O3/c1-3-21(12-5-6-13-21)24-16-18-10-9-11-20(23)19(18)17-25-22(4-2)14-7-8-15-22/h9-11,23H,3-8,12-17H2,1-2H3. The Balaban J connectivity index is 1.69. The van der Waals surface area contributed by atoms with E-state index in [2.05, 4.69) is 19.9 Å². The summed E-state index contributed by atoms with van der Waals surface area (Å²) in [4.78, 5) is 0. The summed E-state index contributed by atoms with van der Waals surface area (Å²) < 4.78 is 12.7. The summed E-state index contributed by atoms with van der Waals surface area (Å²) in [5.41, 5.74) is 2.03. The van der Waals surface area contributed by atoms with Gasteiger partial charge in [0.2, 0.25) is 0 Å². The van der Waals surface area contributed by atoms with E-state index in [4.69, 9.17) is 9.47 Å². The van der Waals surface area contributed by atoms with Crippen molar-refractivity contribution in [2.75, 3.05) is 0 Å². The third-order valence-electron chi connectivity index (χ3n) is 6.62. The molecule has 1 N–H and O–H groups in total. The number of hydrogen-bond acceptors (Lipinski definition) is 3. The Kier molecular flexibility index (Phi) is 6.06. The van der Waals surface area contributed by atoms with Crippen molar-refractivity contribution in [1.82, 2.24) is 0 Å². The van der Waals surface area contributed by atoms with Crippen molar-refractivity contribution in [3.8, 4) is 5.75 Å². The molecule has 1 aromatic rings. The molecule has 25 heavy (non-hydrogen) atoms. The summed E-state index contributed by atoms with van der Waals surface area (Å²) >= 11 is 0. The monoisotopic (exact) mass is 346 g/mol. The zero-order chi connectivity index (χ0) is 17.8. The molecule has 0 bridgehead atoms. The van der Waals surface area contributed by atoms with Gasteiger partial charge in [-0.1, -0.05) is 51.7 Å². The molecule has 2 saturated carbocycles. The maximum Gasteiger partial charge on any atom is 0.121 e. The Hall–Kier alpha value is -1.06. The molecule has 0 amide bonds. The Morgan fingerprint density at radius 2 is 1.36 bits per heavy atom. The molecule has 2 fully saturated rings. The van der Waals surface area contributed by atoms with Crippen LogP contribution in [0.3, 0.4) is 0 Å². The van der Waals surface area contributed by atoms with Crippen LogP contribution < -0.4 is 0 Å². The summed E-state index contributed by atoms with van der Waals surface area (Å²) in [6, 6.07) is 5.75. The second-order valence-electron chi connectivity index (χ2n) is 7.98. The third kappa shape index (κ3) is 4.20. The number of rotatable bonds is 8. The lowest BCUT2D eigenvalue weighted by Gasteiger charge is -2.30. The first-order valence-electron chi connectivity index (χ1n) is 10.2. The third-order valence-corrected chi connectivity index (χ3v) is 6.62. The van der Waals surface area contributed by atoms with Crippen LogP contribution in [0, 0.1) is 0 Å². The molecule has 140 valence electrons. The Morgan fingerprint density at radius 3 is 1.88 bits per heavy atom. The van der Waals surface area contributed by atoms with E-state index in [1.165, 1.54) is 25.7 Å². The lowest BCUT2D eigenvalue weighted by molar-refractivity contribution is -0.0628. The van der Waals surface area contributed by atoms with E-state index in [0.717, 1.165) is 49.7 Å². The number of benzene rings is 1. The van der Waals surface area contributed by atoms with Gasteiger partial charge < -0.3 is 14.6 Å². The van der Waals surface area contributed by atoms with Gasteiger partial charge >= 0.3 is 0 Å². The second kappa shape index (κ2) is 8.09. The first kappa shape index (κ1) is 18.7. The average molecular weight is 347 g/mol. The molecule has 2 aliphatic rings. The molecule has 1 aromatic carbocycles. The summed E-state index contributed by atoms with van der Waals surface area (Å²) in [5, 5.41) is 10.4. The fourth-order valence-corrected chi connectivity index (χ4v) is 4.62. The van der Waals surface area contributed by atoms with Gasteiger partial charge in [-0.15, -0.1) is 0 Å². The Labute approximate surface area is 152 Å². The van der Waals surface area contributed by atoms with Crippen LogP contribution in [-0.2, 0) is 22.7 Å². The number of phenolic OH excluding ortho intramolecular Hbond substituents is 1. The van der Waals surface area contributed by atoms with Crippen LogP contribution in [0.25, 0.3) is 0 Å². The van der Waals surface area contributed by atoms with Crippen molar-refractivity contribution in [2.24, 2.45) is 0 Å². The maximum absolute atomic E-state index is 10.4. The zero-order valence-corrected chi connectivity index (χ0v) is 16.0. The molecule has 0 spiro atoms. The highest BCUT2D eigenvalue weighted by atomic mass is 16.5. The normalized spacial score (nSPS) is 21.7. The highest BCUT2D eigenvalue weighted by Gasteiger charge is 2.34. The molecule has 0 aliphatic heterocycles. The van der Waals surface area contributed by atoms with Crippen LogP contribution in [-0.4, -0.2) is 16.3 Å². The molecule has 3 nitrogen and oxygen atoms in total. The topological polar surface area (TPSA) is 38.7 Å². The first-order valence-corrected chi connectivity index (χ1v) is 10.2. The fourth-order valence-electron chi connectivity index (χ4n) is 4.62. The SMILES string of the molecule is CCC1(OCc2cccc(O)c2COC2(CC)CCCC2)CCCC1. The molecular weight excluding hydrogens is 312 g/mol. The van der Waals surface area contributed by atoms with Crippen LogP contribution in [0.4, 0.5) is 0 Å². The van der Waals surface area contributed by atoms with Crippen molar-refractivity contribution in [3.63, 3.8) is 0 Å². The van der Waals surface area contributed by atoms with E-state index in [1.807, 2.05) is 6.07 Å². The van der Waals surface area contributed by atoms with Crippen LogP contribution >= 0.6 is 0 Å². The molecule has 0 radical (unpaired) electrons. The van der Waals surface area contributed by atoms with E-state index < -0.39 is 0 Å². The minimum atomic E-state index is 0.0104. The minimum absolute atomic E-state index is 0.0104. The van der Waals surface area contributed by atoms with E-state index in [9.17, 15) is 5.11 Å².